The first-order valence-electron chi connectivity index (χ1n) is 6.70. The molecule has 0 atom stereocenters. The van der Waals surface area contributed by atoms with E-state index in [0.717, 1.165) is 0 Å². The van der Waals surface area contributed by atoms with Crippen LogP contribution in [0.25, 0.3) is 0 Å². The molecular formula is C15H15N7O. The third-order valence-electron chi connectivity index (χ3n) is 3.05. The number of hydrogen-bond donors (Lipinski definition) is 2. The van der Waals surface area contributed by atoms with Crippen molar-refractivity contribution in [3.63, 3.8) is 0 Å². The Morgan fingerprint density at radius 2 is 1.91 bits per heavy atom. The largest absolute Gasteiger partial charge is 0.495 e. The van der Waals surface area contributed by atoms with Crippen LogP contribution in [0.5, 0.6) is 5.75 Å². The van der Waals surface area contributed by atoms with Crippen molar-refractivity contribution in [2.75, 3.05) is 36.1 Å². The Labute approximate surface area is 133 Å². The molecule has 0 unspecified atom stereocenters. The van der Waals surface area contributed by atoms with Crippen molar-refractivity contribution in [2.24, 2.45) is 0 Å². The van der Waals surface area contributed by atoms with Gasteiger partial charge in [0, 0.05) is 0 Å². The highest BCUT2D eigenvalue weighted by Gasteiger charge is 2.15. The minimum atomic E-state index is 0.00285. The molecule has 0 radical (unpaired) electrons. The van der Waals surface area contributed by atoms with Crippen LogP contribution >= 0.6 is 0 Å². The van der Waals surface area contributed by atoms with Gasteiger partial charge in [0.1, 0.15) is 30.9 Å². The fraction of sp³-hybridized carbons (Fsp3) is 0.200. The van der Waals surface area contributed by atoms with Crippen molar-refractivity contribution in [2.45, 2.75) is 0 Å². The van der Waals surface area contributed by atoms with E-state index in [0.29, 0.717) is 23.1 Å². The summed E-state index contributed by atoms with van der Waals surface area (Å²) in [5.41, 5.74) is 7.04. The smallest absolute Gasteiger partial charge is 0.159 e. The zero-order valence-corrected chi connectivity index (χ0v) is 12.5. The SMILES string of the molecule is COc1ccccc1Nc1ncnc(N(CC#N)CC#N)c1N. The quantitative estimate of drug-likeness (QED) is 0.772. The number of nitrogen functional groups attached to an aromatic ring is 1. The maximum Gasteiger partial charge on any atom is 0.159 e. The van der Waals surface area contributed by atoms with Gasteiger partial charge in [-0.3, -0.25) is 0 Å². The summed E-state index contributed by atoms with van der Waals surface area (Å²) in [5, 5.41) is 20.8. The van der Waals surface area contributed by atoms with E-state index in [9.17, 15) is 0 Å². The summed E-state index contributed by atoms with van der Waals surface area (Å²) in [6.45, 7) is 0.00570. The van der Waals surface area contributed by atoms with Crippen molar-refractivity contribution >= 4 is 23.0 Å². The third-order valence-corrected chi connectivity index (χ3v) is 3.05. The molecule has 116 valence electrons. The van der Waals surface area contributed by atoms with E-state index < -0.39 is 0 Å². The monoisotopic (exact) mass is 309 g/mol. The van der Waals surface area contributed by atoms with Crippen molar-refractivity contribution in [3.8, 4) is 17.9 Å². The first-order valence-corrected chi connectivity index (χ1v) is 6.70. The van der Waals surface area contributed by atoms with Crippen LogP contribution in [0.15, 0.2) is 30.6 Å². The summed E-state index contributed by atoms with van der Waals surface area (Å²) in [6, 6.07) is 11.3. The number of hydrogen-bond acceptors (Lipinski definition) is 8. The molecule has 2 aromatic rings. The lowest BCUT2D eigenvalue weighted by Gasteiger charge is -2.20. The number of para-hydroxylation sites is 2. The Morgan fingerprint density at radius 1 is 1.22 bits per heavy atom. The van der Waals surface area contributed by atoms with Crippen LogP contribution in [-0.2, 0) is 0 Å². The molecule has 8 nitrogen and oxygen atoms in total. The fourth-order valence-electron chi connectivity index (χ4n) is 1.99. The average Bonchev–Trinajstić information content (AvgIpc) is 2.57. The minimum absolute atomic E-state index is 0.00285. The minimum Gasteiger partial charge on any atom is -0.495 e. The predicted octanol–water partition coefficient (Wildman–Crippen LogP) is 1.66. The van der Waals surface area contributed by atoms with E-state index in [4.69, 9.17) is 21.0 Å². The van der Waals surface area contributed by atoms with Gasteiger partial charge < -0.3 is 20.7 Å². The van der Waals surface area contributed by atoms with Gasteiger partial charge in [0.2, 0.25) is 0 Å². The molecule has 0 spiro atoms. The van der Waals surface area contributed by atoms with Gasteiger partial charge in [-0.1, -0.05) is 12.1 Å². The number of anilines is 4. The first kappa shape index (κ1) is 15.9. The molecule has 8 heteroatoms. The standard InChI is InChI=1S/C15H15N7O/c1-23-12-5-3-2-4-11(12)21-14-13(18)15(20-10-19-14)22(8-6-16)9-7-17/h2-5,10H,8-9,18H2,1H3,(H,19,20,21). The highest BCUT2D eigenvalue weighted by molar-refractivity contribution is 5.79. The lowest BCUT2D eigenvalue weighted by Crippen LogP contribution is -2.26. The molecule has 0 fully saturated rings. The van der Waals surface area contributed by atoms with E-state index in [1.54, 1.807) is 13.2 Å². The number of nitrogens with one attached hydrogen (secondary N) is 1. The van der Waals surface area contributed by atoms with Crippen molar-refractivity contribution in [3.05, 3.63) is 30.6 Å². The van der Waals surface area contributed by atoms with Crippen LogP contribution in [0.1, 0.15) is 0 Å². The van der Waals surface area contributed by atoms with Gasteiger partial charge in [-0.15, -0.1) is 0 Å². The van der Waals surface area contributed by atoms with Crippen LogP contribution in [0.3, 0.4) is 0 Å². The fourth-order valence-corrected chi connectivity index (χ4v) is 1.99. The van der Waals surface area contributed by atoms with Gasteiger partial charge in [-0.05, 0) is 12.1 Å². The molecule has 1 aromatic heterocycles. The molecule has 0 aliphatic carbocycles. The van der Waals surface area contributed by atoms with Crippen LogP contribution in [0.4, 0.5) is 23.0 Å². The number of nitrogens with zero attached hydrogens (tertiary/aromatic N) is 5. The topological polar surface area (TPSA) is 124 Å². The maximum absolute atomic E-state index is 8.87. The summed E-state index contributed by atoms with van der Waals surface area (Å²) >= 11 is 0. The number of benzene rings is 1. The van der Waals surface area contributed by atoms with Gasteiger partial charge in [-0.2, -0.15) is 10.5 Å². The van der Waals surface area contributed by atoms with E-state index in [2.05, 4.69) is 15.3 Å². The summed E-state index contributed by atoms with van der Waals surface area (Å²) in [5.74, 6) is 1.35. The normalized spacial score (nSPS) is 9.52. The summed E-state index contributed by atoms with van der Waals surface area (Å²) in [6.07, 6.45) is 1.32. The Hall–Kier alpha value is -3.52. The van der Waals surface area contributed by atoms with E-state index >= 15 is 0 Å². The second kappa shape index (κ2) is 7.48. The van der Waals surface area contributed by atoms with Crippen molar-refractivity contribution in [1.29, 1.82) is 10.5 Å². The Morgan fingerprint density at radius 3 is 2.57 bits per heavy atom. The second-order valence-electron chi connectivity index (χ2n) is 4.46. The lowest BCUT2D eigenvalue weighted by atomic mass is 10.3. The number of methoxy groups -OCH3 is 1. The molecule has 0 aliphatic rings. The zero-order valence-electron chi connectivity index (χ0n) is 12.5. The number of nitrogens with two attached hydrogens (primary N) is 1. The molecule has 0 aliphatic heterocycles. The van der Waals surface area contributed by atoms with Crippen molar-refractivity contribution < 1.29 is 4.74 Å². The summed E-state index contributed by atoms with van der Waals surface area (Å²) in [7, 11) is 1.57. The van der Waals surface area contributed by atoms with Crippen LogP contribution < -0.4 is 20.7 Å². The summed E-state index contributed by atoms with van der Waals surface area (Å²) < 4.78 is 5.27. The number of aromatic nitrogens is 2. The van der Waals surface area contributed by atoms with E-state index in [1.807, 2.05) is 30.3 Å². The predicted molar refractivity (Wildman–Crippen MR) is 86.2 cm³/mol. The molecule has 2 rings (SSSR count). The van der Waals surface area contributed by atoms with E-state index in [1.165, 1.54) is 11.2 Å². The van der Waals surface area contributed by atoms with Gasteiger partial charge in [0.15, 0.2) is 11.6 Å². The molecule has 23 heavy (non-hydrogen) atoms. The molecule has 0 amide bonds. The number of rotatable bonds is 6. The van der Waals surface area contributed by atoms with Gasteiger partial charge >= 0.3 is 0 Å². The second-order valence-corrected chi connectivity index (χ2v) is 4.46. The Balaban J connectivity index is 2.36. The highest BCUT2D eigenvalue weighted by atomic mass is 16.5. The van der Waals surface area contributed by atoms with Crippen LogP contribution in [-0.4, -0.2) is 30.2 Å². The molecule has 1 aromatic carbocycles. The Bertz CT molecular complexity index is 747. The van der Waals surface area contributed by atoms with Crippen LogP contribution in [0, 0.1) is 22.7 Å². The Kier molecular flexibility index (Phi) is 5.16. The molecule has 3 N–H and O–H groups in total. The van der Waals surface area contributed by atoms with Gasteiger partial charge in [-0.25, -0.2) is 9.97 Å². The van der Waals surface area contributed by atoms with Gasteiger partial charge in [0.25, 0.3) is 0 Å². The molecule has 1 heterocycles. The first-order chi connectivity index (χ1) is 11.2. The van der Waals surface area contributed by atoms with Crippen molar-refractivity contribution in [1.82, 2.24) is 9.97 Å². The summed E-state index contributed by atoms with van der Waals surface area (Å²) in [4.78, 5) is 9.67. The maximum atomic E-state index is 8.87. The number of ether oxygens (including phenoxy) is 1. The van der Waals surface area contributed by atoms with Gasteiger partial charge in [0.05, 0.1) is 24.9 Å². The van der Waals surface area contributed by atoms with E-state index in [-0.39, 0.29) is 18.8 Å². The van der Waals surface area contributed by atoms with Crippen LogP contribution in [0.2, 0.25) is 0 Å². The molecule has 0 bridgehead atoms. The highest BCUT2D eigenvalue weighted by Crippen LogP contribution is 2.31. The third kappa shape index (κ3) is 3.57. The number of nitriles is 2. The lowest BCUT2D eigenvalue weighted by molar-refractivity contribution is 0.417. The molecule has 0 saturated carbocycles. The average molecular weight is 309 g/mol. The molecular weight excluding hydrogens is 294 g/mol. The molecule has 0 saturated heterocycles. The zero-order chi connectivity index (χ0) is 16.7.